The lowest BCUT2D eigenvalue weighted by molar-refractivity contribution is -0.0337. The van der Waals surface area contributed by atoms with E-state index < -0.39 is 0 Å². The van der Waals surface area contributed by atoms with Crippen molar-refractivity contribution >= 4 is 16.9 Å². The molecule has 6 nitrogen and oxygen atoms in total. The molecular formula is C12H17N3O3. The van der Waals surface area contributed by atoms with Gasteiger partial charge in [0.25, 0.3) is 0 Å². The summed E-state index contributed by atoms with van der Waals surface area (Å²) in [7, 11) is 0. The fourth-order valence-corrected chi connectivity index (χ4v) is 1.81. The van der Waals surface area contributed by atoms with Crippen LogP contribution in [0, 0.1) is 0 Å². The van der Waals surface area contributed by atoms with Crippen LogP contribution in [-0.2, 0) is 4.74 Å². The van der Waals surface area contributed by atoms with Gasteiger partial charge in [-0.15, -0.1) is 0 Å². The Hall–Kier alpha value is -1.66. The summed E-state index contributed by atoms with van der Waals surface area (Å²) in [5.74, 6) is 0.313. The molecule has 98 valence electrons. The Balaban J connectivity index is 2.28. The van der Waals surface area contributed by atoms with Gasteiger partial charge in [0.15, 0.2) is 11.4 Å². The first kappa shape index (κ1) is 12.8. The Labute approximate surface area is 105 Å². The third-order valence-electron chi connectivity index (χ3n) is 2.90. The number of hydrogen-bond acceptors (Lipinski definition) is 6. The second-order valence-electron chi connectivity index (χ2n) is 4.12. The number of aliphatic hydroxyl groups is 1. The molecule has 0 fully saturated rings. The summed E-state index contributed by atoms with van der Waals surface area (Å²) in [6, 6.07) is 0. The van der Waals surface area contributed by atoms with Crippen LogP contribution >= 0.6 is 0 Å². The zero-order valence-corrected chi connectivity index (χ0v) is 10.5. The minimum Gasteiger partial charge on any atom is -0.458 e. The van der Waals surface area contributed by atoms with Gasteiger partial charge in [-0.1, -0.05) is 6.92 Å². The predicted octanol–water partition coefficient (Wildman–Crippen LogP) is 1.65. The normalized spacial score (nSPS) is 14.8. The van der Waals surface area contributed by atoms with E-state index in [2.05, 4.69) is 9.97 Å². The van der Waals surface area contributed by atoms with Crippen molar-refractivity contribution in [1.29, 1.82) is 0 Å². The van der Waals surface area contributed by atoms with Crippen LogP contribution in [0.1, 0.15) is 31.9 Å². The van der Waals surface area contributed by atoms with Crippen molar-refractivity contribution in [3.63, 3.8) is 0 Å². The number of ether oxygens (including phenoxy) is 1. The van der Waals surface area contributed by atoms with Gasteiger partial charge in [0.1, 0.15) is 11.8 Å². The number of nitrogen functional groups attached to an aromatic ring is 1. The number of hydrogen-bond donors (Lipinski definition) is 2. The molecule has 0 aromatic carbocycles. The fourth-order valence-electron chi connectivity index (χ4n) is 1.81. The molecule has 0 bridgehead atoms. The molecule has 0 saturated heterocycles. The SMILES string of the molecule is CC[C@@H](CO)O[C@H](C)c1coc2c(N)ncnc12. The molecule has 2 rings (SSSR count). The fraction of sp³-hybridized carbons (Fsp3) is 0.500. The highest BCUT2D eigenvalue weighted by Crippen LogP contribution is 2.29. The Kier molecular flexibility index (Phi) is 3.78. The summed E-state index contributed by atoms with van der Waals surface area (Å²) in [6.45, 7) is 3.84. The molecular weight excluding hydrogens is 234 g/mol. The van der Waals surface area contributed by atoms with E-state index in [1.165, 1.54) is 6.33 Å². The van der Waals surface area contributed by atoms with Crippen molar-refractivity contribution in [2.75, 3.05) is 12.3 Å². The van der Waals surface area contributed by atoms with E-state index in [4.69, 9.17) is 20.0 Å². The summed E-state index contributed by atoms with van der Waals surface area (Å²) >= 11 is 0. The highest BCUT2D eigenvalue weighted by molar-refractivity contribution is 5.84. The number of nitrogens with zero attached hydrogens (tertiary/aromatic N) is 2. The number of fused-ring (bicyclic) bond motifs is 1. The second kappa shape index (κ2) is 5.32. The average molecular weight is 251 g/mol. The van der Waals surface area contributed by atoms with Crippen molar-refractivity contribution < 1.29 is 14.3 Å². The summed E-state index contributed by atoms with van der Waals surface area (Å²) in [6.07, 6.45) is 3.30. The lowest BCUT2D eigenvalue weighted by Gasteiger charge is -2.18. The number of nitrogens with two attached hydrogens (primary N) is 1. The molecule has 0 radical (unpaired) electrons. The lowest BCUT2D eigenvalue weighted by atomic mass is 10.2. The first-order valence-corrected chi connectivity index (χ1v) is 5.91. The molecule has 0 aliphatic heterocycles. The molecule has 2 aromatic heterocycles. The van der Waals surface area contributed by atoms with Crippen LogP contribution in [0.15, 0.2) is 17.0 Å². The van der Waals surface area contributed by atoms with Crippen LogP contribution in [0.5, 0.6) is 0 Å². The van der Waals surface area contributed by atoms with E-state index in [-0.39, 0.29) is 18.8 Å². The number of furan rings is 1. The van der Waals surface area contributed by atoms with Crippen molar-refractivity contribution in [3.05, 3.63) is 18.2 Å². The van der Waals surface area contributed by atoms with Crippen LogP contribution in [0.3, 0.4) is 0 Å². The molecule has 0 spiro atoms. The monoisotopic (exact) mass is 251 g/mol. The zero-order chi connectivity index (χ0) is 13.1. The molecule has 18 heavy (non-hydrogen) atoms. The van der Waals surface area contributed by atoms with Gasteiger partial charge >= 0.3 is 0 Å². The van der Waals surface area contributed by atoms with Crippen LogP contribution in [0.4, 0.5) is 5.82 Å². The quantitative estimate of drug-likeness (QED) is 0.839. The van der Waals surface area contributed by atoms with Gasteiger partial charge in [-0.3, -0.25) is 0 Å². The van der Waals surface area contributed by atoms with Crippen molar-refractivity contribution in [3.8, 4) is 0 Å². The van der Waals surface area contributed by atoms with E-state index in [0.29, 0.717) is 16.9 Å². The Morgan fingerprint density at radius 2 is 2.28 bits per heavy atom. The maximum absolute atomic E-state index is 9.14. The van der Waals surface area contributed by atoms with E-state index in [0.717, 1.165) is 12.0 Å². The standard InChI is InChI=1S/C12H17N3O3/c1-3-8(4-16)18-7(2)9-5-17-11-10(9)14-6-15-12(11)13/h5-8,16H,3-4H2,1-2H3,(H2,13,14,15)/t7-,8+/m1/s1. The summed E-state index contributed by atoms with van der Waals surface area (Å²) < 4.78 is 11.1. The van der Waals surface area contributed by atoms with Gasteiger partial charge in [0, 0.05) is 5.56 Å². The van der Waals surface area contributed by atoms with Crippen LogP contribution in [0.25, 0.3) is 11.1 Å². The summed E-state index contributed by atoms with van der Waals surface area (Å²) in [5.41, 5.74) is 7.64. The molecule has 0 aliphatic carbocycles. The predicted molar refractivity (Wildman–Crippen MR) is 66.9 cm³/mol. The van der Waals surface area contributed by atoms with Crippen molar-refractivity contribution in [2.45, 2.75) is 32.5 Å². The molecule has 3 N–H and O–H groups in total. The third-order valence-corrected chi connectivity index (χ3v) is 2.90. The molecule has 2 aromatic rings. The number of rotatable bonds is 5. The van der Waals surface area contributed by atoms with E-state index in [9.17, 15) is 0 Å². The molecule has 0 aliphatic rings. The highest BCUT2D eigenvalue weighted by atomic mass is 16.5. The van der Waals surface area contributed by atoms with E-state index in [1.807, 2.05) is 13.8 Å². The van der Waals surface area contributed by atoms with Gasteiger partial charge in [0.2, 0.25) is 0 Å². The van der Waals surface area contributed by atoms with Gasteiger partial charge in [-0.2, -0.15) is 0 Å². The molecule has 6 heteroatoms. The Morgan fingerprint density at radius 3 is 2.94 bits per heavy atom. The molecule has 0 saturated carbocycles. The maximum Gasteiger partial charge on any atom is 0.194 e. The van der Waals surface area contributed by atoms with Crippen LogP contribution in [0.2, 0.25) is 0 Å². The second-order valence-corrected chi connectivity index (χ2v) is 4.12. The molecule has 2 heterocycles. The zero-order valence-electron chi connectivity index (χ0n) is 10.5. The number of aromatic nitrogens is 2. The van der Waals surface area contributed by atoms with E-state index in [1.54, 1.807) is 6.26 Å². The van der Waals surface area contributed by atoms with Crippen molar-refractivity contribution in [2.24, 2.45) is 0 Å². The van der Waals surface area contributed by atoms with Gasteiger partial charge in [-0.05, 0) is 13.3 Å². The minimum absolute atomic E-state index is 0.00620. The highest BCUT2D eigenvalue weighted by Gasteiger charge is 2.19. The lowest BCUT2D eigenvalue weighted by Crippen LogP contribution is -2.18. The smallest absolute Gasteiger partial charge is 0.194 e. The Morgan fingerprint density at radius 1 is 1.50 bits per heavy atom. The minimum atomic E-state index is -0.224. The Bertz CT molecular complexity index is 522. The van der Waals surface area contributed by atoms with Crippen LogP contribution < -0.4 is 5.73 Å². The number of aliphatic hydroxyl groups excluding tert-OH is 1. The van der Waals surface area contributed by atoms with Crippen LogP contribution in [-0.4, -0.2) is 27.8 Å². The molecule has 0 unspecified atom stereocenters. The topological polar surface area (TPSA) is 94.4 Å². The summed E-state index contributed by atoms with van der Waals surface area (Å²) in [5, 5.41) is 9.14. The first-order valence-electron chi connectivity index (χ1n) is 5.91. The number of anilines is 1. The third kappa shape index (κ3) is 2.30. The van der Waals surface area contributed by atoms with Gasteiger partial charge < -0.3 is 20.0 Å². The summed E-state index contributed by atoms with van der Waals surface area (Å²) in [4.78, 5) is 8.02. The van der Waals surface area contributed by atoms with Crippen molar-refractivity contribution in [1.82, 2.24) is 9.97 Å². The molecule has 2 atom stereocenters. The van der Waals surface area contributed by atoms with E-state index >= 15 is 0 Å². The molecule has 0 amide bonds. The first-order chi connectivity index (χ1) is 8.67. The average Bonchev–Trinajstić information content (AvgIpc) is 2.81. The maximum atomic E-state index is 9.14. The van der Waals surface area contributed by atoms with Gasteiger partial charge in [-0.25, -0.2) is 9.97 Å². The largest absolute Gasteiger partial charge is 0.458 e. The van der Waals surface area contributed by atoms with Gasteiger partial charge in [0.05, 0.1) is 25.1 Å².